The van der Waals surface area contributed by atoms with E-state index in [4.69, 9.17) is 9.47 Å². The lowest BCUT2D eigenvalue weighted by Crippen LogP contribution is -2.55. The predicted molar refractivity (Wildman–Crippen MR) is 74.2 cm³/mol. The summed E-state index contributed by atoms with van der Waals surface area (Å²) in [5.41, 5.74) is 1.31. The van der Waals surface area contributed by atoms with Gasteiger partial charge >= 0.3 is 0 Å². The van der Waals surface area contributed by atoms with Crippen molar-refractivity contribution in [3.05, 3.63) is 35.9 Å². The zero-order chi connectivity index (χ0) is 13.7. The molecule has 1 aromatic carbocycles. The molecule has 1 aliphatic rings. The van der Waals surface area contributed by atoms with Gasteiger partial charge in [0.15, 0.2) is 0 Å². The Labute approximate surface area is 114 Å². The molecule has 19 heavy (non-hydrogen) atoms. The minimum Gasteiger partial charge on any atom is -0.389 e. The average molecular weight is 265 g/mol. The maximum atomic E-state index is 10.2. The van der Waals surface area contributed by atoms with Gasteiger partial charge in [-0.15, -0.1) is 0 Å². The van der Waals surface area contributed by atoms with Crippen molar-refractivity contribution in [2.24, 2.45) is 0 Å². The standard InChI is InChI=1S/C15H23NO3/c1-16(9-8-12-6-4-3-5-7-12)13-10-19-11-14(18-2)15(13)17/h3-7,13-15,17H,8-11H2,1-2H3/t13-,14-,15+/m1/s1. The van der Waals surface area contributed by atoms with Gasteiger partial charge in [0.05, 0.1) is 19.3 Å². The van der Waals surface area contributed by atoms with Crippen molar-refractivity contribution in [1.29, 1.82) is 0 Å². The minimum atomic E-state index is -0.487. The molecule has 0 spiro atoms. The van der Waals surface area contributed by atoms with E-state index in [0.717, 1.165) is 13.0 Å². The molecule has 0 aliphatic carbocycles. The lowest BCUT2D eigenvalue weighted by Gasteiger charge is -2.39. The van der Waals surface area contributed by atoms with Crippen LogP contribution >= 0.6 is 0 Å². The highest BCUT2D eigenvalue weighted by atomic mass is 16.5. The number of likely N-dealkylation sites (N-methyl/N-ethyl adjacent to an activating group) is 1. The van der Waals surface area contributed by atoms with E-state index < -0.39 is 6.10 Å². The van der Waals surface area contributed by atoms with Crippen LogP contribution in [0.1, 0.15) is 5.56 Å². The van der Waals surface area contributed by atoms with E-state index in [1.54, 1.807) is 7.11 Å². The Morgan fingerprint density at radius 3 is 2.74 bits per heavy atom. The summed E-state index contributed by atoms with van der Waals surface area (Å²) in [6.45, 7) is 1.93. The van der Waals surface area contributed by atoms with Gasteiger partial charge in [0.1, 0.15) is 12.2 Å². The molecule has 0 radical (unpaired) electrons. The van der Waals surface area contributed by atoms with Gasteiger partial charge in [-0.25, -0.2) is 0 Å². The van der Waals surface area contributed by atoms with E-state index in [0.29, 0.717) is 13.2 Å². The fourth-order valence-corrected chi connectivity index (χ4v) is 2.46. The number of aliphatic hydroxyl groups is 1. The van der Waals surface area contributed by atoms with Crippen molar-refractivity contribution < 1.29 is 14.6 Å². The fraction of sp³-hybridized carbons (Fsp3) is 0.600. The largest absolute Gasteiger partial charge is 0.389 e. The number of hydrogen-bond donors (Lipinski definition) is 1. The van der Waals surface area contributed by atoms with Gasteiger partial charge in [0, 0.05) is 13.7 Å². The van der Waals surface area contributed by atoms with Gasteiger partial charge in [-0.3, -0.25) is 4.90 Å². The zero-order valence-corrected chi connectivity index (χ0v) is 11.7. The topological polar surface area (TPSA) is 41.9 Å². The van der Waals surface area contributed by atoms with Crippen molar-refractivity contribution in [1.82, 2.24) is 4.90 Å². The highest BCUT2D eigenvalue weighted by Crippen LogP contribution is 2.16. The Morgan fingerprint density at radius 1 is 1.32 bits per heavy atom. The summed E-state index contributed by atoms with van der Waals surface area (Å²) < 4.78 is 10.7. The molecule has 1 fully saturated rings. The van der Waals surface area contributed by atoms with Crippen molar-refractivity contribution in [3.63, 3.8) is 0 Å². The summed E-state index contributed by atoms with van der Waals surface area (Å²) in [4.78, 5) is 2.16. The lowest BCUT2D eigenvalue weighted by molar-refractivity contribution is -0.140. The highest BCUT2D eigenvalue weighted by molar-refractivity contribution is 5.14. The Balaban J connectivity index is 1.87. The number of aliphatic hydroxyl groups excluding tert-OH is 1. The van der Waals surface area contributed by atoms with Crippen LogP contribution in [0.15, 0.2) is 30.3 Å². The van der Waals surface area contributed by atoms with E-state index in [9.17, 15) is 5.11 Å². The quantitative estimate of drug-likeness (QED) is 0.860. The lowest BCUT2D eigenvalue weighted by atomic mass is 10.0. The fourth-order valence-electron chi connectivity index (χ4n) is 2.46. The van der Waals surface area contributed by atoms with Crippen molar-refractivity contribution in [3.8, 4) is 0 Å². The second kappa shape index (κ2) is 7.01. The van der Waals surface area contributed by atoms with Crippen LogP contribution in [-0.4, -0.2) is 62.2 Å². The van der Waals surface area contributed by atoms with Crippen LogP contribution in [0, 0.1) is 0 Å². The number of methoxy groups -OCH3 is 1. The maximum Gasteiger partial charge on any atom is 0.108 e. The van der Waals surface area contributed by atoms with Gasteiger partial charge in [0.25, 0.3) is 0 Å². The second-order valence-corrected chi connectivity index (χ2v) is 5.09. The van der Waals surface area contributed by atoms with Crippen LogP contribution in [0.2, 0.25) is 0 Å². The molecule has 0 unspecified atom stereocenters. The first kappa shape index (κ1) is 14.5. The summed E-state index contributed by atoms with van der Waals surface area (Å²) in [5.74, 6) is 0. The molecule has 0 saturated carbocycles. The third-order valence-electron chi connectivity index (χ3n) is 3.81. The van der Waals surface area contributed by atoms with Crippen LogP contribution in [-0.2, 0) is 15.9 Å². The van der Waals surface area contributed by atoms with Crippen molar-refractivity contribution in [2.75, 3.05) is 33.9 Å². The van der Waals surface area contributed by atoms with Gasteiger partial charge in [-0.2, -0.15) is 0 Å². The molecule has 1 N–H and O–H groups in total. The molecule has 3 atom stereocenters. The average Bonchev–Trinajstić information content (AvgIpc) is 2.46. The molecule has 4 nitrogen and oxygen atoms in total. The Hall–Kier alpha value is -0.940. The molecular weight excluding hydrogens is 242 g/mol. The zero-order valence-electron chi connectivity index (χ0n) is 11.7. The third kappa shape index (κ3) is 3.76. The number of ether oxygens (including phenoxy) is 2. The summed E-state index contributed by atoms with van der Waals surface area (Å²) in [7, 11) is 3.64. The van der Waals surface area contributed by atoms with Crippen molar-refractivity contribution in [2.45, 2.75) is 24.7 Å². The van der Waals surface area contributed by atoms with Crippen LogP contribution < -0.4 is 0 Å². The SMILES string of the molecule is CO[C@@H]1COC[C@@H](N(C)CCc2ccccc2)[C@@H]1O. The van der Waals surface area contributed by atoms with Gasteiger partial charge < -0.3 is 14.6 Å². The first-order chi connectivity index (χ1) is 9.22. The van der Waals surface area contributed by atoms with Gasteiger partial charge in [-0.05, 0) is 19.0 Å². The monoisotopic (exact) mass is 265 g/mol. The molecule has 106 valence electrons. The molecule has 0 bridgehead atoms. The Morgan fingerprint density at radius 2 is 2.05 bits per heavy atom. The van der Waals surface area contributed by atoms with Crippen LogP contribution in [0.4, 0.5) is 0 Å². The molecule has 1 saturated heterocycles. The first-order valence-electron chi connectivity index (χ1n) is 6.75. The van der Waals surface area contributed by atoms with Gasteiger partial charge in [-0.1, -0.05) is 30.3 Å². The van der Waals surface area contributed by atoms with Crippen LogP contribution in [0.3, 0.4) is 0 Å². The highest BCUT2D eigenvalue weighted by Gasteiger charge is 2.34. The molecule has 0 amide bonds. The summed E-state index contributed by atoms with van der Waals surface area (Å²) >= 11 is 0. The number of rotatable bonds is 5. The Bertz CT molecular complexity index is 371. The number of benzene rings is 1. The van der Waals surface area contributed by atoms with E-state index in [1.165, 1.54) is 5.56 Å². The smallest absolute Gasteiger partial charge is 0.108 e. The normalized spacial score (nSPS) is 27.7. The molecular formula is C15H23NO3. The predicted octanol–water partition coefficient (Wildman–Crippen LogP) is 0.936. The van der Waals surface area contributed by atoms with E-state index in [2.05, 4.69) is 29.2 Å². The third-order valence-corrected chi connectivity index (χ3v) is 3.81. The van der Waals surface area contributed by atoms with E-state index >= 15 is 0 Å². The second-order valence-electron chi connectivity index (χ2n) is 5.09. The molecule has 1 aliphatic heterocycles. The number of nitrogens with zero attached hydrogens (tertiary/aromatic N) is 1. The molecule has 2 rings (SSSR count). The Kier molecular flexibility index (Phi) is 5.34. The van der Waals surface area contributed by atoms with Crippen molar-refractivity contribution >= 4 is 0 Å². The molecule has 1 heterocycles. The van der Waals surface area contributed by atoms with E-state index in [1.807, 2.05) is 13.1 Å². The van der Waals surface area contributed by atoms with E-state index in [-0.39, 0.29) is 12.1 Å². The van der Waals surface area contributed by atoms with Crippen LogP contribution in [0.5, 0.6) is 0 Å². The molecule has 0 aromatic heterocycles. The first-order valence-corrected chi connectivity index (χ1v) is 6.75. The maximum absolute atomic E-state index is 10.2. The summed E-state index contributed by atoms with van der Waals surface area (Å²) in [6.07, 6.45) is 0.260. The molecule has 4 heteroatoms. The number of hydrogen-bond acceptors (Lipinski definition) is 4. The summed E-state index contributed by atoms with van der Waals surface area (Å²) in [6, 6.07) is 10.4. The minimum absolute atomic E-state index is 0.00223. The summed E-state index contributed by atoms with van der Waals surface area (Å²) in [5, 5.41) is 10.2. The van der Waals surface area contributed by atoms with Crippen LogP contribution in [0.25, 0.3) is 0 Å². The molecule has 1 aromatic rings. The van der Waals surface area contributed by atoms with Gasteiger partial charge in [0.2, 0.25) is 0 Å².